The average Bonchev–Trinajstić information content (AvgIpc) is 3.65. The zero-order valence-corrected chi connectivity index (χ0v) is 28.4. The number of carbonyl (C=O) groups excluding carboxylic acids is 4. The van der Waals surface area contributed by atoms with Gasteiger partial charge in [-0.3, -0.25) is 14.4 Å². The molecule has 264 valence electrons. The number of nitrogens with zero attached hydrogens (tertiary/aromatic N) is 7. The molecule has 5 rings (SSSR count). The Bertz CT molecular complexity index is 1590. The fourth-order valence-electron chi connectivity index (χ4n) is 5.89. The molecule has 2 aliphatic rings. The van der Waals surface area contributed by atoms with Crippen LogP contribution >= 0.6 is 0 Å². The van der Waals surface area contributed by atoms with Crippen molar-refractivity contribution in [3.05, 3.63) is 41.3 Å². The standard InChI is InChI=1S/C33H45N9O7/c1-4-5-18-48-33(46)42-16-14-41(15-17-42)32(45)25(8-9-29-36-38-39-37-29)35-31(44)27-20-28(24-7-6-22(2)19-26(24)34-27)49-21-30(43)40-12-10-23(47-3)11-13-40/h6-7,19-20,23,25H,4-5,8-18,21H2,1-3H3,(H,35,44)(H,36,37,38,39). The Morgan fingerprint density at radius 2 is 1.78 bits per heavy atom. The zero-order chi connectivity index (χ0) is 34.8. The van der Waals surface area contributed by atoms with Crippen LogP contribution in [0.4, 0.5) is 4.79 Å². The number of piperidine rings is 1. The van der Waals surface area contributed by atoms with Crippen molar-refractivity contribution in [1.29, 1.82) is 0 Å². The third kappa shape index (κ3) is 9.40. The minimum atomic E-state index is -0.940. The molecule has 16 nitrogen and oxygen atoms in total. The minimum Gasteiger partial charge on any atom is -0.483 e. The predicted molar refractivity (Wildman–Crippen MR) is 177 cm³/mol. The second-order valence-corrected chi connectivity index (χ2v) is 12.3. The number of H-pyrrole nitrogens is 1. The smallest absolute Gasteiger partial charge is 0.409 e. The third-order valence-electron chi connectivity index (χ3n) is 8.86. The van der Waals surface area contributed by atoms with E-state index in [1.54, 1.807) is 21.8 Å². The second kappa shape index (κ2) is 17.0. The number of rotatable bonds is 13. The van der Waals surface area contributed by atoms with Gasteiger partial charge in [-0.25, -0.2) is 9.78 Å². The van der Waals surface area contributed by atoms with Crippen LogP contribution in [0.5, 0.6) is 5.75 Å². The van der Waals surface area contributed by atoms with Gasteiger partial charge in [0.1, 0.15) is 17.5 Å². The van der Waals surface area contributed by atoms with Gasteiger partial charge in [0.05, 0.1) is 18.2 Å². The lowest BCUT2D eigenvalue weighted by Gasteiger charge is -2.36. The molecule has 2 fully saturated rings. The van der Waals surface area contributed by atoms with Crippen molar-refractivity contribution >= 4 is 34.7 Å². The Morgan fingerprint density at radius 1 is 1.02 bits per heavy atom. The normalized spacial score (nSPS) is 16.0. The number of fused-ring (bicyclic) bond motifs is 1. The molecule has 49 heavy (non-hydrogen) atoms. The van der Waals surface area contributed by atoms with E-state index in [0.29, 0.717) is 68.4 Å². The van der Waals surface area contributed by atoms with Crippen LogP contribution in [0.2, 0.25) is 0 Å². The van der Waals surface area contributed by atoms with Gasteiger partial charge in [-0.05, 0) is 50.3 Å². The number of piperazine rings is 1. The summed E-state index contributed by atoms with van der Waals surface area (Å²) >= 11 is 0. The molecule has 4 amide bonds. The molecule has 1 aromatic carbocycles. The molecule has 3 aromatic rings. The number of likely N-dealkylation sites (tertiary alicyclic amines) is 1. The fourth-order valence-corrected chi connectivity index (χ4v) is 5.89. The molecule has 0 spiro atoms. The number of benzene rings is 1. The van der Waals surface area contributed by atoms with Crippen molar-refractivity contribution in [2.45, 2.75) is 64.5 Å². The summed E-state index contributed by atoms with van der Waals surface area (Å²) in [6, 6.07) is 6.15. The highest BCUT2D eigenvalue weighted by Crippen LogP contribution is 2.27. The highest BCUT2D eigenvalue weighted by molar-refractivity contribution is 5.99. The first-order valence-corrected chi connectivity index (χ1v) is 16.8. The van der Waals surface area contributed by atoms with Crippen LogP contribution in [0.3, 0.4) is 0 Å². The number of hydrogen-bond acceptors (Lipinski definition) is 11. The second-order valence-electron chi connectivity index (χ2n) is 12.3. The lowest BCUT2D eigenvalue weighted by molar-refractivity contribution is -0.136. The zero-order valence-electron chi connectivity index (χ0n) is 28.4. The molecule has 2 aromatic heterocycles. The Labute approximate surface area is 284 Å². The summed E-state index contributed by atoms with van der Waals surface area (Å²) in [4.78, 5) is 62.6. The van der Waals surface area contributed by atoms with Gasteiger partial charge in [-0.1, -0.05) is 24.6 Å². The number of unbranched alkanes of at least 4 members (excludes halogenated alkanes) is 1. The Balaban J connectivity index is 1.29. The summed E-state index contributed by atoms with van der Waals surface area (Å²) in [5.74, 6) is -0.290. The van der Waals surface area contributed by atoms with Crippen LogP contribution in [0.15, 0.2) is 24.3 Å². The number of hydrogen-bond donors (Lipinski definition) is 2. The summed E-state index contributed by atoms with van der Waals surface area (Å²) in [7, 11) is 1.68. The highest BCUT2D eigenvalue weighted by atomic mass is 16.6. The van der Waals surface area contributed by atoms with Crippen molar-refractivity contribution in [2.75, 3.05) is 59.6 Å². The van der Waals surface area contributed by atoms with E-state index in [9.17, 15) is 19.2 Å². The molecule has 1 atom stereocenters. The van der Waals surface area contributed by atoms with Gasteiger partial charge in [0, 0.05) is 64.3 Å². The number of tetrazole rings is 1. The van der Waals surface area contributed by atoms with Gasteiger partial charge in [0.15, 0.2) is 12.4 Å². The van der Waals surface area contributed by atoms with Crippen molar-refractivity contribution in [2.24, 2.45) is 0 Å². The molecule has 0 bridgehead atoms. The van der Waals surface area contributed by atoms with E-state index in [4.69, 9.17) is 14.2 Å². The Kier molecular flexibility index (Phi) is 12.3. The number of ether oxygens (including phenoxy) is 3. The maximum atomic E-state index is 13.8. The van der Waals surface area contributed by atoms with Gasteiger partial charge in [0.25, 0.3) is 11.8 Å². The van der Waals surface area contributed by atoms with Crippen LogP contribution in [0.25, 0.3) is 10.9 Å². The van der Waals surface area contributed by atoms with Gasteiger partial charge >= 0.3 is 6.09 Å². The van der Waals surface area contributed by atoms with E-state index in [1.807, 2.05) is 32.0 Å². The first-order valence-electron chi connectivity index (χ1n) is 16.8. The van der Waals surface area contributed by atoms with E-state index in [0.717, 1.165) is 31.2 Å². The van der Waals surface area contributed by atoms with Crippen LogP contribution in [-0.2, 0) is 25.5 Å². The number of aryl methyl sites for hydroxylation is 2. The molecular weight excluding hydrogens is 634 g/mol. The largest absolute Gasteiger partial charge is 0.483 e. The summed E-state index contributed by atoms with van der Waals surface area (Å²) in [5.41, 5.74) is 1.49. The molecule has 0 saturated carbocycles. The monoisotopic (exact) mass is 679 g/mol. The molecule has 4 heterocycles. The number of nitrogens with one attached hydrogen (secondary N) is 2. The molecule has 2 aliphatic heterocycles. The first kappa shape index (κ1) is 35.4. The van der Waals surface area contributed by atoms with E-state index in [-0.39, 0.29) is 43.1 Å². The Hall–Kier alpha value is -4.86. The van der Waals surface area contributed by atoms with Crippen LogP contribution in [-0.4, -0.2) is 136 Å². The number of amides is 4. The summed E-state index contributed by atoms with van der Waals surface area (Å²) < 4.78 is 16.8. The number of methoxy groups -OCH3 is 1. The van der Waals surface area contributed by atoms with Gasteiger partial charge in [0.2, 0.25) is 5.91 Å². The van der Waals surface area contributed by atoms with Crippen molar-refractivity contribution in [3.63, 3.8) is 0 Å². The van der Waals surface area contributed by atoms with E-state index in [1.165, 1.54) is 6.07 Å². The molecular formula is C33H45N9O7. The third-order valence-corrected chi connectivity index (χ3v) is 8.86. The number of aromatic amines is 1. The van der Waals surface area contributed by atoms with Crippen molar-refractivity contribution in [1.82, 2.24) is 45.6 Å². The lowest BCUT2D eigenvalue weighted by atomic mass is 10.1. The van der Waals surface area contributed by atoms with E-state index < -0.39 is 18.0 Å². The van der Waals surface area contributed by atoms with Gasteiger partial charge in [-0.2, -0.15) is 5.21 Å². The number of carbonyl (C=O) groups is 4. The molecule has 1 unspecified atom stereocenters. The fraction of sp³-hybridized carbons (Fsp3) is 0.576. The Morgan fingerprint density at radius 3 is 2.47 bits per heavy atom. The van der Waals surface area contributed by atoms with E-state index >= 15 is 0 Å². The summed E-state index contributed by atoms with van der Waals surface area (Å²) in [5, 5.41) is 17.5. The first-order chi connectivity index (χ1) is 23.7. The predicted octanol–water partition coefficient (Wildman–Crippen LogP) is 1.88. The average molecular weight is 680 g/mol. The molecule has 0 aliphatic carbocycles. The van der Waals surface area contributed by atoms with Crippen molar-refractivity contribution < 1.29 is 33.4 Å². The molecule has 2 N–H and O–H groups in total. The minimum absolute atomic E-state index is 0.0402. The maximum absolute atomic E-state index is 13.8. The topological polar surface area (TPSA) is 185 Å². The number of aromatic nitrogens is 5. The lowest BCUT2D eigenvalue weighted by Crippen LogP contribution is -2.56. The summed E-state index contributed by atoms with van der Waals surface area (Å²) in [6.07, 6.45) is 3.46. The van der Waals surface area contributed by atoms with E-state index in [2.05, 4.69) is 30.9 Å². The molecule has 0 radical (unpaired) electrons. The molecule has 2 saturated heterocycles. The van der Waals surface area contributed by atoms with Gasteiger partial charge < -0.3 is 34.2 Å². The van der Waals surface area contributed by atoms with Crippen molar-refractivity contribution in [3.8, 4) is 5.75 Å². The van der Waals surface area contributed by atoms with Crippen LogP contribution < -0.4 is 10.1 Å². The number of pyridine rings is 1. The quantitative estimate of drug-likeness (QED) is 0.252. The maximum Gasteiger partial charge on any atom is 0.409 e. The van der Waals surface area contributed by atoms with Crippen LogP contribution in [0.1, 0.15) is 60.9 Å². The summed E-state index contributed by atoms with van der Waals surface area (Å²) in [6.45, 7) is 6.48. The molecule has 16 heteroatoms. The van der Waals surface area contributed by atoms with Crippen LogP contribution in [0, 0.1) is 6.92 Å². The highest BCUT2D eigenvalue weighted by Gasteiger charge is 2.31. The van der Waals surface area contributed by atoms with Gasteiger partial charge in [-0.15, -0.1) is 10.2 Å². The SMILES string of the molecule is CCCCOC(=O)N1CCN(C(=O)C(CCc2nn[nH]n2)NC(=O)c2cc(OCC(=O)N3CCC(OC)CC3)c3ccc(C)cc3n2)CC1.